The Hall–Kier alpha value is -6.01. The molecule has 0 bridgehead atoms. The van der Waals surface area contributed by atoms with Crippen molar-refractivity contribution in [2.24, 2.45) is 11.5 Å². The molecule has 0 aliphatic carbocycles. The number of hydrogen-bond donors (Lipinski definition) is 13. The van der Waals surface area contributed by atoms with Crippen LogP contribution in [0.5, 0.6) is 0 Å². The molecule has 0 saturated carbocycles. The van der Waals surface area contributed by atoms with E-state index in [4.69, 9.17) is 11.5 Å². The number of carbonyl (C=O) groups excluding carboxylic acids is 7. The summed E-state index contributed by atoms with van der Waals surface area (Å²) in [5.41, 5.74) is 15.0. The van der Waals surface area contributed by atoms with E-state index in [0.29, 0.717) is 24.0 Å². The smallest absolute Gasteiger partial charge is 0.245 e. The van der Waals surface area contributed by atoms with Crippen molar-refractivity contribution < 1.29 is 48.9 Å². The topological polar surface area (TPSA) is 332 Å². The summed E-state index contributed by atoms with van der Waals surface area (Å²) in [5, 5.41) is 50.5. The molecule has 0 spiro atoms. The number of amides is 7. The quantitative estimate of drug-likeness (QED) is 0.0455. The maximum absolute atomic E-state index is 14.7. The predicted molar refractivity (Wildman–Crippen MR) is 272 cm³/mol. The lowest BCUT2D eigenvalue weighted by molar-refractivity contribution is -0.136. The fraction of sp³-hybridized carbons (Fsp3) is 0.449. The molecule has 7 amide bonds. The van der Waals surface area contributed by atoms with Crippen LogP contribution in [0.1, 0.15) is 49.8 Å². The van der Waals surface area contributed by atoms with E-state index >= 15 is 0 Å². The van der Waals surface area contributed by atoms with Gasteiger partial charge in [0, 0.05) is 41.4 Å². The fourth-order valence-corrected chi connectivity index (χ4v) is 10.1. The van der Waals surface area contributed by atoms with Crippen LogP contribution < -0.4 is 48.7 Å². The molecule has 3 aromatic carbocycles. The summed E-state index contributed by atoms with van der Waals surface area (Å²) in [6.45, 7) is 2.23. The second-order valence-electron chi connectivity index (χ2n) is 17.5. The maximum Gasteiger partial charge on any atom is 0.245 e. The van der Waals surface area contributed by atoms with Gasteiger partial charge in [0.1, 0.15) is 36.3 Å². The number of unbranched alkanes of at least 4 members (excludes halogenated alkanes) is 1. The standard InChI is InChI=1S/C49H66N10O10S2/c1-28(61)39(25-60)56-48(68)41-27-71-70-26-40(57-43(63)34(51)21-30-13-5-3-6-14-30)47(67)54-37(22-31-15-7-4-8-16-31)45(65)55-38(23-32-24-52-35-18-10-9-17-33(32)35)46(66)53-36(19-11-12-20-50)44(64)59-42(29(2)62)49(69)58-41/h3-10,13-18,24,28-29,34,36-42,52,60-62H,11-12,19-23,25-27,50-51H2,1-2H3,(H,53,66)(H,54,67)(H,55,65)(H,56,68)(H,57,63)(H,58,69)(H,59,64)/t28-,29-,34-,36+,37+,38-,39-,40+,41-,42?/m1/s1. The Labute approximate surface area is 420 Å². The van der Waals surface area contributed by atoms with Gasteiger partial charge < -0.3 is 69.0 Å². The largest absolute Gasteiger partial charge is 0.394 e. The van der Waals surface area contributed by atoms with Gasteiger partial charge >= 0.3 is 0 Å². The first-order valence-corrected chi connectivity index (χ1v) is 26.0. The first-order valence-electron chi connectivity index (χ1n) is 23.5. The summed E-state index contributed by atoms with van der Waals surface area (Å²) in [6, 6.07) is 14.6. The molecule has 1 unspecified atom stereocenters. The molecular formula is C49H66N10O10S2. The van der Waals surface area contributed by atoms with Gasteiger partial charge in [-0.3, -0.25) is 33.6 Å². The zero-order valence-electron chi connectivity index (χ0n) is 39.7. The predicted octanol–water partition coefficient (Wildman–Crippen LogP) is -0.805. The second-order valence-corrected chi connectivity index (χ2v) is 20.0. The summed E-state index contributed by atoms with van der Waals surface area (Å²) in [6.07, 6.45) is -0.156. The van der Waals surface area contributed by atoms with Crippen molar-refractivity contribution in [2.45, 2.75) is 113 Å². The van der Waals surface area contributed by atoms with Gasteiger partial charge in [-0.1, -0.05) is 100 Å². The zero-order chi connectivity index (χ0) is 51.5. The first-order chi connectivity index (χ1) is 34.1. The number of rotatable bonds is 17. The van der Waals surface area contributed by atoms with E-state index in [1.165, 1.54) is 13.8 Å². The summed E-state index contributed by atoms with van der Waals surface area (Å²) >= 11 is 0. The van der Waals surface area contributed by atoms with Gasteiger partial charge in [-0.25, -0.2) is 0 Å². The van der Waals surface area contributed by atoms with E-state index in [0.717, 1.165) is 38.1 Å². The second kappa shape index (κ2) is 28.1. The summed E-state index contributed by atoms with van der Waals surface area (Å²) in [4.78, 5) is 103. The number of fused-ring (bicyclic) bond motifs is 1. The lowest BCUT2D eigenvalue weighted by atomic mass is 10.0. The minimum atomic E-state index is -1.66. The number of hydrogen-bond acceptors (Lipinski definition) is 14. The van der Waals surface area contributed by atoms with Gasteiger partial charge in [0.2, 0.25) is 41.4 Å². The number of benzene rings is 3. The van der Waals surface area contributed by atoms with Gasteiger partial charge in [0.15, 0.2) is 0 Å². The van der Waals surface area contributed by atoms with Crippen LogP contribution in [-0.2, 0) is 52.8 Å². The Kier molecular flexibility index (Phi) is 22.2. The number of para-hydroxylation sites is 1. The summed E-state index contributed by atoms with van der Waals surface area (Å²) in [7, 11) is 2.06. The maximum atomic E-state index is 14.7. The van der Waals surface area contributed by atoms with Crippen LogP contribution in [0.3, 0.4) is 0 Å². The van der Waals surface area contributed by atoms with Gasteiger partial charge in [-0.05, 0) is 68.8 Å². The van der Waals surface area contributed by atoms with E-state index < -0.39 is 108 Å². The van der Waals surface area contributed by atoms with Crippen LogP contribution in [0.2, 0.25) is 0 Å². The molecule has 1 saturated heterocycles. The van der Waals surface area contributed by atoms with Crippen molar-refractivity contribution >= 4 is 73.8 Å². The van der Waals surface area contributed by atoms with Crippen molar-refractivity contribution in [3.05, 3.63) is 108 Å². The normalized spacial score (nSPS) is 22.8. The molecule has 20 nitrogen and oxygen atoms in total. The zero-order valence-corrected chi connectivity index (χ0v) is 41.3. The summed E-state index contributed by atoms with van der Waals surface area (Å²) in [5.74, 6) is -6.01. The van der Waals surface area contributed by atoms with E-state index in [-0.39, 0.29) is 43.7 Å². The average molecular weight is 1020 g/mol. The van der Waals surface area contributed by atoms with Crippen LogP contribution in [0.25, 0.3) is 10.9 Å². The Morgan fingerprint density at radius 1 is 0.718 bits per heavy atom. The number of H-pyrrole nitrogens is 1. The van der Waals surface area contributed by atoms with Crippen LogP contribution in [0, 0.1) is 0 Å². The van der Waals surface area contributed by atoms with Crippen LogP contribution in [0.4, 0.5) is 0 Å². The molecule has 71 heavy (non-hydrogen) atoms. The van der Waals surface area contributed by atoms with Gasteiger partial charge in [-0.2, -0.15) is 0 Å². The van der Waals surface area contributed by atoms with Crippen molar-refractivity contribution in [3.63, 3.8) is 0 Å². The number of aromatic amines is 1. The third-order valence-corrected chi connectivity index (χ3v) is 14.3. The SMILES string of the molecule is C[C@@H](O)C1NC(=O)[C@H](CCCCN)NC(=O)[C@@H](Cc2c[nH]c3ccccc23)NC(=O)[C@H](Cc2ccccc2)NC(=O)[C@@H](NC(=O)[C@H](N)Cc2ccccc2)CSSC[C@H](C(=O)N[C@H](CO)[C@@H](C)O)NC1=O. The molecule has 22 heteroatoms. The van der Waals surface area contributed by atoms with Crippen LogP contribution >= 0.6 is 21.6 Å². The number of aromatic nitrogens is 1. The minimum absolute atomic E-state index is 0.0340. The third kappa shape index (κ3) is 17.1. The van der Waals surface area contributed by atoms with E-state index in [9.17, 15) is 48.9 Å². The summed E-state index contributed by atoms with van der Waals surface area (Å²) < 4.78 is 0. The van der Waals surface area contributed by atoms with E-state index in [1.807, 2.05) is 30.3 Å². The molecule has 2 heterocycles. The molecule has 1 fully saturated rings. The average Bonchev–Trinajstić information content (AvgIpc) is 3.76. The highest BCUT2D eigenvalue weighted by atomic mass is 33.1. The van der Waals surface area contributed by atoms with Crippen LogP contribution in [-0.4, -0.2) is 147 Å². The lowest BCUT2D eigenvalue weighted by Crippen LogP contribution is -2.62. The molecule has 4 aromatic rings. The van der Waals surface area contributed by atoms with Crippen molar-refractivity contribution in [1.29, 1.82) is 0 Å². The highest BCUT2D eigenvalue weighted by molar-refractivity contribution is 8.76. The number of aliphatic hydroxyl groups is 3. The Morgan fingerprint density at radius 2 is 1.31 bits per heavy atom. The molecule has 1 aliphatic rings. The van der Waals surface area contributed by atoms with Gasteiger partial charge in [0.25, 0.3) is 0 Å². The van der Waals surface area contributed by atoms with Crippen LogP contribution in [0.15, 0.2) is 91.1 Å². The van der Waals surface area contributed by atoms with E-state index in [1.54, 1.807) is 60.8 Å². The third-order valence-electron chi connectivity index (χ3n) is 11.9. The van der Waals surface area contributed by atoms with Crippen molar-refractivity contribution in [3.8, 4) is 0 Å². The highest BCUT2D eigenvalue weighted by Crippen LogP contribution is 2.24. The minimum Gasteiger partial charge on any atom is -0.394 e. The molecule has 15 N–H and O–H groups in total. The molecule has 5 rings (SSSR count). The monoisotopic (exact) mass is 1020 g/mol. The van der Waals surface area contributed by atoms with Crippen molar-refractivity contribution in [1.82, 2.24) is 42.2 Å². The Bertz CT molecular complexity index is 2400. The molecule has 1 aliphatic heterocycles. The van der Waals surface area contributed by atoms with E-state index in [2.05, 4.69) is 42.2 Å². The number of aliphatic hydroxyl groups excluding tert-OH is 3. The fourth-order valence-electron chi connectivity index (χ4n) is 7.73. The number of nitrogens with two attached hydrogens (primary N) is 2. The van der Waals surface area contributed by atoms with Crippen molar-refractivity contribution in [2.75, 3.05) is 24.7 Å². The molecular weight excluding hydrogens is 953 g/mol. The molecule has 10 atom stereocenters. The van der Waals surface area contributed by atoms with Gasteiger partial charge in [-0.15, -0.1) is 0 Å². The highest BCUT2D eigenvalue weighted by Gasteiger charge is 2.36. The molecule has 0 radical (unpaired) electrons. The molecule has 384 valence electrons. The van der Waals surface area contributed by atoms with Gasteiger partial charge in [0.05, 0.1) is 30.9 Å². The number of nitrogens with one attached hydrogen (secondary N) is 8. The first kappa shape index (κ1) is 55.9. The Morgan fingerprint density at radius 3 is 1.96 bits per heavy atom. The lowest BCUT2D eigenvalue weighted by Gasteiger charge is -2.29. The Balaban J connectivity index is 1.56. The molecule has 1 aromatic heterocycles. The number of carbonyl (C=O) groups is 7.